The molecule has 0 aliphatic heterocycles. The highest BCUT2D eigenvalue weighted by atomic mass is 19.1. The van der Waals surface area contributed by atoms with Crippen LogP contribution in [0.4, 0.5) is 4.39 Å². The molecule has 1 aromatic rings. The van der Waals surface area contributed by atoms with Gasteiger partial charge in [0, 0.05) is 6.54 Å². The van der Waals surface area contributed by atoms with E-state index in [1.807, 2.05) is 19.9 Å². The molecular formula is C13H18FNO. The Labute approximate surface area is 96.1 Å². The molecule has 0 atom stereocenters. The van der Waals surface area contributed by atoms with Gasteiger partial charge in [-0.05, 0) is 31.2 Å². The van der Waals surface area contributed by atoms with Crippen LogP contribution in [0, 0.1) is 5.82 Å². The molecule has 0 aromatic heterocycles. The Balaban J connectivity index is 2.78. The molecule has 88 valence electrons. The van der Waals surface area contributed by atoms with Gasteiger partial charge in [0.2, 0.25) is 0 Å². The number of ether oxygens (including phenoxy) is 1. The Bertz CT molecular complexity index is 363. The number of rotatable bonds is 6. The summed E-state index contributed by atoms with van der Waals surface area (Å²) in [6.07, 6.45) is 0. The van der Waals surface area contributed by atoms with E-state index >= 15 is 0 Å². The topological polar surface area (TPSA) is 21.3 Å². The molecule has 0 heterocycles. The summed E-state index contributed by atoms with van der Waals surface area (Å²) in [5, 5.41) is 3.15. The third kappa shape index (κ3) is 3.35. The zero-order valence-electron chi connectivity index (χ0n) is 9.85. The van der Waals surface area contributed by atoms with E-state index < -0.39 is 0 Å². The maximum Gasteiger partial charge on any atom is 0.134 e. The molecule has 2 nitrogen and oxygen atoms in total. The quantitative estimate of drug-likeness (QED) is 0.749. The number of halogens is 1. The first-order valence-corrected chi connectivity index (χ1v) is 5.50. The lowest BCUT2D eigenvalue weighted by molar-refractivity contribution is 0.297. The van der Waals surface area contributed by atoms with Crippen LogP contribution in [-0.4, -0.2) is 13.2 Å². The Hall–Kier alpha value is -1.35. The molecule has 0 fully saturated rings. The summed E-state index contributed by atoms with van der Waals surface area (Å²) in [6.45, 7) is 9.60. The van der Waals surface area contributed by atoms with E-state index in [2.05, 4.69) is 11.9 Å². The second-order valence-electron chi connectivity index (χ2n) is 3.45. The Morgan fingerprint density at radius 3 is 2.75 bits per heavy atom. The highest BCUT2D eigenvalue weighted by molar-refractivity contribution is 5.58. The van der Waals surface area contributed by atoms with Gasteiger partial charge in [0.25, 0.3) is 0 Å². The van der Waals surface area contributed by atoms with Crippen molar-refractivity contribution in [3.63, 3.8) is 0 Å². The minimum Gasteiger partial charge on any atom is -0.494 e. The highest BCUT2D eigenvalue weighted by Gasteiger charge is 2.07. The number of hydrogen-bond acceptors (Lipinski definition) is 2. The van der Waals surface area contributed by atoms with Gasteiger partial charge in [0.1, 0.15) is 11.6 Å². The van der Waals surface area contributed by atoms with Gasteiger partial charge in [0.15, 0.2) is 0 Å². The molecule has 0 aliphatic carbocycles. The van der Waals surface area contributed by atoms with Crippen molar-refractivity contribution in [3.8, 4) is 0 Å². The Morgan fingerprint density at radius 1 is 1.44 bits per heavy atom. The fourth-order valence-electron chi connectivity index (χ4n) is 1.42. The molecule has 0 unspecified atom stereocenters. The summed E-state index contributed by atoms with van der Waals surface area (Å²) in [6, 6.07) is 5.10. The van der Waals surface area contributed by atoms with Gasteiger partial charge >= 0.3 is 0 Å². The predicted molar refractivity (Wildman–Crippen MR) is 64.4 cm³/mol. The van der Waals surface area contributed by atoms with Gasteiger partial charge in [0.05, 0.1) is 12.2 Å². The smallest absolute Gasteiger partial charge is 0.134 e. The minimum atomic E-state index is -0.283. The van der Waals surface area contributed by atoms with Crippen LogP contribution in [-0.2, 0) is 11.3 Å². The average Bonchev–Trinajstić information content (AvgIpc) is 2.26. The second-order valence-corrected chi connectivity index (χ2v) is 3.45. The molecule has 0 radical (unpaired) electrons. The van der Waals surface area contributed by atoms with Crippen molar-refractivity contribution in [2.45, 2.75) is 20.4 Å². The van der Waals surface area contributed by atoms with Crippen LogP contribution in [0.25, 0.3) is 5.76 Å². The monoisotopic (exact) mass is 223 g/mol. The first kappa shape index (κ1) is 12.7. The molecule has 1 rings (SSSR count). The fraction of sp³-hybridized carbons (Fsp3) is 0.385. The van der Waals surface area contributed by atoms with Gasteiger partial charge < -0.3 is 10.1 Å². The molecule has 0 spiro atoms. The highest BCUT2D eigenvalue weighted by Crippen LogP contribution is 2.19. The fourth-order valence-corrected chi connectivity index (χ4v) is 1.42. The van der Waals surface area contributed by atoms with Crippen LogP contribution >= 0.6 is 0 Å². The van der Waals surface area contributed by atoms with E-state index in [0.717, 1.165) is 12.1 Å². The van der Waals surface area contributed by atoms with Gasteiger partial charge in [-0.15, -0.1) is 0 Å². The molecule has 3 heteroatoms. The zero-order valence-corrected chi connectivity index (χ0v) is 9.85. The van der Waals surface area contributed by atoms with E-state index in [1.165, 1.54) is 6.07 Å². The molecule has 0 saturated carbocycles. The maximum atomic E-state index is 13.7. The van der Waals surface area contributed by atoms with Crippen molar-refractivity contribution in [1.29, 1.82) is 0 Å². The predicted octanol–water partition coefficient (Wildman–Crippen LogP) is 2.94. The summed E-state index contributed by atoms with van der Waals surface area (Å²) in [7, 11) is 0. The molecule has 1 N–H and O–H groups in total. The summed E-state index contributed by atoms with van der Waals surface area (Å²) >= 11 is 0. The third-order valence-corrected chi connectivity index (χ3v) is 2.23. The molecule has 0 aliphatic rings. The maximum absolute atomic E-state index is 13.7. The van der Waals surface area contributed by atoms with Gasteiger partial charge in [-0.2, -0.15) is 0 Å². The van der Waals surface area contributed by atoms with Crippen LogP contribution in [0.15, 0.2) is 24.8 Å². The summed E-state index contributed by atoms with van der Waals surface area (Å²) < 4.78 is 18.9. The molecule has 0 amide bonds. The molecule has 16 heavy (non-hydrogen) atoms. The van der Waals surface area contributed by atoms with E-state index in [9.17, 15) is 4.39 Å². The largest absolute Gasteiger partial charge is 0.494 e. The normalized spacial score (nSPS) is 10.2. The minimum absolute atomic E-state index is 0.283. The van der Waals surface area contributed by atoms with E-state index in [0.29, 0.717) is 24.5 Å². The first-order valence-electron chi connectivity index (χ1n) is 5.50. The number of nitrogens with one attached hydrogen (secondary N) is 1. The van der Waals surface area contributed by atoms with Gasteiger partial charge in [-0.25, -0.2) is 4.39 Å². The second kappa shape index (κ2) is 6.28. The third-order valence-electron chi connectivity index (χ3n) is 2.23. The SMILES string of the molecule is C=C(OCC)c1ccc(CNCC)cc1F. The van der Waals surface area contributed by atoms with Crippen molar-refractivity contribution in [1.82, 2.24) is 5.32 Å². The lowest BCUT2D eigenvalue weighted by Gasteiger charge is -2.09. The lowest BCUT2D eigenvalue weighted by Crippen LogP contribution is -2.12. The van der Waals surface area contributed by atoms with Crippen molar-refractivity contribution in [2.75, 3.05) is 13.2 Å². The lowest BCUT2D eigenvalue weighted by atomic mass is 10.1. The molecule has 1 aromatic carbocycles. The summed E-state index contributed by atoms with van der Waals surface area (Å²) in [5.74, 6) is 0.101. The summed E-state index contributed by atoms with van der Waals surface area (Å²) in [4.78, 5) is 0. The summed E-state index contributed by atoms with van der Waals surface area (Å²) in [5.41, 5.74) is 1.36. The Morgan fingerprint density at radius 2 is 2.19 bits per heavy atom. The molecule has 0 saturated heterocycles. The van der Waals surface area contributed by atoms with E-state index in [-0.39, 0.29) is 5.82 Å². The van der Waals surface area contributed by atoms with Crippen molar-refractivity contribution in [2.24, 2.45) is 0 Å². The zero-order chi connectivity index (χ0) is 12.0. The standard InChI is InChI=1S/C13H18FNO/c1-4-15-9-11-6-7-12(13(14)8-11)10(3)16-5-2/h6-8,15H,3-5,9H2,1-2H3. The van der Waals surface area contributed by atoms with Crippen molar-refractivity contribution in [3.05, 3.63) is 41.7 Å². The van der Waals surface area contributed by atoms with Crippen LogP contribution in [0.5, 0.6) is 0 Å². The van der Waals surface area contributed by atoms with Crippen LogP contribution in [0.2, 0.25) is 0 Å². The van der Waals surface area contributed by atoms with Crippen LogP contribution < -0.4 is 5.32 Å². The Kier molecular flexibility index (Phi) is 4.99. The number of benzene rings is 1. The van der Waals surface area contributed by atoms with Crippen molar-refractivity contribution >= 4 is 5.76 Å². The first-order chi connectivity index (χ1) is 7.69. The van der Waals surface area contributed by atoms with E-state index in [1.54, 1.807) is 6.07 Å². The van der Waals surface area contributed by atoms with Crippen LogP contribution in [0.3, 0.4) is 0 Å². The van der Waals surface area contributed by atoms with Gasteiger partial charge in [-0.1, -0.05) is 19.6 Å². The van der Waals surface area contributed by atoms with E-state index in [4.69, 9.17) is 4.74 Å². The molecule has 0 bridgehead atoms. The van der Waals surface area contributed by atoms with Gasteiger partial charge in [-0.3, -0.25) is 0 Å². The molecular weight excluding hydrogens is 205 g/mol. The van der Waals surface area contributed by atoms with Crippen LogP contribution in [0.1, 0.15) is 25.0 Å². The number of hydrogen-bond donors (Lipinski definition) is 1. The van der Waals surface area contributed by atoms with Crippen molar-refractivity contribution < 1.29 is 9.13 Å². The average molecular weight is 223 g/mol.